The molecule has 0 saturated carbocycles. The van der Waals surface area contributed by atoms with E-state index < -0.39 is 17.9 Å². The smallest absolute Gasteiger partial charge is 0.417 e. The summed E-state index contributed by atoms with van der Waals surface area (Å²) in [5, 5.41) is 9.52. The van der Waals surface area contributed by atoms with E-state index in [0.717, 1.165) is 4.90 Å². The van der Waals surface area contributed by atoms with Crippen LogP contribution < -0.4 is 0 Å². The quantitative estimate of drug-likeness (QED) is 0.910. The number of carbonyl (C=O) groups excluding carboxylic acids is 2. The minimum Gasteiger partial charge on any atom is -0.447 e. The Labute approximate surface area is 118 Å². The molecular weight excluding hydrogens is 258 g/mol. The largest absolute Gasteiger partial charge is 0.447 e. The summed E-state index contributed by atoms with van der Waals surface area (Å²) in [5.74, 6) is -1.02. The van der Waals surface area contributed by atoms with Gasteiger partial charge in [-0.3, -0.25) is 4.79 Å². The van der Waals surface area contributed by atoms with Gasteiger partial charge in [-0.15, -0.1) is 0 Å². The van der Waals surface area contributed by atoms with E-state index in [1.54, 1.807) is 24.3 Å². The molecule has 0 radical (unpaired) electrons. The van der Waals surface area contributed by atoms with Gasteiger partial charge in [0.05, 0.1) is 18.6 Å². The van der Waals surface area contributed by atoms with Crippen molar-refractivity contribution in [3.63, 3.8) is 0 Å². The Bertz CT molecular complexity index is 486. The van der Waals surface area contributed by atoms with E-state index in [1.807, 2.05) is 19.9 Å². The van der Waals surface area contributed by atoms with Crippen molar-refractivity contribution < 1.29 is 19.4 Å². The SMILES string of the molecule is CC(C)[C@H]1COC(=O)N1C(=O)[C@H](CO)c1ccccc1. The Morgan fingerprint density at radius 3 is 2.60 bits per heavy atom. The van der Waals surface area contributed by atoms with Crippen molar-refractivity contribution >= 4 is 12.0 Å². The maximum absolute atomic E-state index is 12.6. The molecule has 1 aliphatic heterocycles. The predicted octanol–water partition coefficient (Wildman–Crippen LogP) is 1.77. The number of aliphatic hydroxyl groups is 1. The van der Waals surface area contributed by atoms with Gasteiger partial charge >= 0.3 is 6.09 Å². The van der Waals surface area contributed by atoms with Crippen LogP contribution in [0.15, 0.2) is 30.3 Å². The van der Waals surface area contributed by atoms with Crippen LogP contribution in [0.4, 0.5) is 4.79 Å². The van der Waals surface area contributed by atoms with E-state index in [1.165, 1.54) is 0 Å². The molecule has 1 fully saturated rings. The fourth-order valence-electron chi connectivity index (χ4n) is 2.36. The summed E-state index contributed by atoms with van der Waals surface area (Å²) in [5.41, 5.74) is 0.696. The molecule has 2 amide bonds. The van der Waals surface area contributed by atoms with Gasteiger partial charge in [-0.25, -0.2) is 9.69 Å². The second kappa shape index (κ2) is 6.05. The van der Waals surface area contributed by atoms with E-state index in [4.69, 9.17) is 4.74 Å². The van der Waals surface area contributed by atoms with Crippen LogP contribution in [0.1, 0.15) is 25.3 Å². The lowest BCUT2D eigenvalue weighted by atomic mass is 9.96. The van der Waals surface area contributed by atoms with Crippen molar-refractivity contribution in [1.29, 1.82) is 0 Å². The number of rotatable bonds is 4. The van der Waals surface area contributed by atoms with Gasteiger partial charge in [0.1, 0.15) is 6.61 Å². The highest BCUT2D eigenvalue weighted by Gasteiger charge is 2.42. The summed E-state index contributed by atoms with van der Waals surface area (Å²) in [6.07, 6.45) is -0.622. The molecule has 2 rings (SSSR count). The number of nitrogens with zero attached hydrogens (tertiary/aromatic N) is 1. The topological polar surface area (TPSA) is 66.8 Å². The summed E-state index contributed by atoms with van der Waals surface area (Å²) in [4.78, 5) is 25.5. The number of ether oxygens (including phenoxy) is 1. The average molecular weight is 277 g/mol. The molecule has 1 heterocycles. The first kappa shape index (κ1) is 14.5. The van der Waals surface area contributed by atoms with E-state index in [0.29, 0.717) is 5.56 Å². The molecule has 5 nitrogen and oxygen atoms in total. The van der Waals surface area contributed by atoms with E-state index >= 15 is 0 Å². The van der Waals surface area contributed by atoms with Crippen LogP contribution >= 0.6 is 0 Å². The number of imide groups is 1. The van der Waals surface area contributed by atoms with Crippen molar-refractivity contribution in [1.82, 2.24) is 4.90 Å². The second-order valence-electron chi connectivity index (χ2n) is 5.24. The van der Waals surface area contributed by atoms with Crippen LogP contribution in [0.5, 0.6) is 0 Å². The van der Waals surface area contributed by atoms with Crippen molar-refractivity contribution in [3.05, 3.63) is 35.9 Å². The van der Waals surface area contributed by atoms with Gasteiger partial charge in [-0.1, -0.05) is 44.2 Å². The van der Waals surface area contributed by atoms with Gasteiger partial charge in [-0.2, -0.15) is 0 Å². The van der Waals surface area contributed by atoms with Gasteiger partial charge in [0, 0.05) is 0 Å². The molecule has 0 unspecified atom stereocenters. The number of amides is 2. The summed E-state index contributed by atoms with van der Waals surface area (Å²) < 4.78 is 4.98. The minimum absolute atomic E-state index is 0.112. The zero-order valence-electron chi connectivity index (χ0n) is 11.7. The van der Waals surface area contributed by atoms with E-state index in [2.05, 4.69) is 0 Å². The number of carbonyl (C=O) groups is 2. The Kier molecular flexibility index (Phi) is 4.39. The Morgan fingerprint density at radius 2 is 2.05 bits per heavy atom. The van der Waals surface area contributed by atoms with Gasteiger partial charge in [0.15, 0.2) is 0 Å². The maximum Gasteiger partial charge on any atom is 0.417 e. The number of cyclic esters (lactones) is 1. The van der Waals surface area contributed by atoms with Crippen LogP contribution in [0.3, 0.4) is 0 Å². The normalized spacial score (nSPS) is 20.1. The Morgan fingerprint density at radius 1 is 1.40 bits per heavy atom. The molecular formula is C15H19NO4. The molecule has 20 heavy (non-hydrogen) atoms. The third-order valence-corrected chi connectivity index (χ3v) is 3.60. The lowest BCUT2D eigenvalue weighted by Crippen LogP contribution is -2.44. The number of hydrogen-bond acceptors (Lipinski definition) is 4. The highest BCUT2D eigenvalue weighted by atomic mass is 16.6. The Hall–Kier alpha value is -1.88. The van der Waals surface area contributed by atoms with Gasteiger partial charge in [-0.05, 0) is 11.5 Å². The Balaban J connectivity index is 2.26. The maximum atomic E-state index is 12.6. The van der Waals surface area contributed by atoms with Crippen molar-refractivity contribution in [2.45, 2.75) is 25.8 Å². The van der Waals surface area contributed by atoms with Crippen LogP contribution in [-0.2, 0) is 9.53 Å². The number of benzene rings is 1. The van der Waals surface area contributed by atoms with Crippen LogP contribution in [-0.4, -0.2) is 41.3 Å². The third kappa shape index (κ3) is 2.67. The fraction of sp³-hybridized carbons (Fsp3) is 0.467. The molecule has 0 aromatic heterocycles. The molecule has 0 bridgehead atoms. The molecule has 0 aliphatic carbocycles. The van der Waals surface area contributed by atoms with Crippen molar-refractivity contribution in [2.24, 2.45) is 5.92 Å². The number of hydrogen-bond donors (Lipinski definition) is 1. The predicted molar refractivity (Wildman–Crippen MR) is 73.1 cm³/mol. The van der Waals surface area contributed by atoms with Gasteiger partial charge in [0.25, 0.3) is 0 Å². The molecule has 0 spiro atoms. The summed E-state index contributed by atoms with van der Waals surface area (Å²) in [6.45, 7) is 3.75. The van der Waals surface area contributed by atoms with Gasteiger partial charge in [0.2, 0.25) is 5.91 Å². The summed E-state index contributed by atoms with van der Waals surface area (Å²) in [6, 6.07) is 8.70. The standard InChI is InChI=1S/C15H19NO4/c1-10(2)13-9-20-15(19)16(13)14(18)12(8-17)11-6-4-3-5-7-11/h3-7,10,12-13,17H,8-9H2,1-2H3/t12-,13-/m1/s1. The van der Waals surface area contributed by atoms with E-state index in [9.17, 15) is 14.7 Å². The van der Waals surface area contributed by atoms with E-state index in [-0.39, 0.29) is 25.2 Å². The molecule has 5 heteroatoms. The third-order valence-electron chi connectivity index (χ3n) is 3.60. The highest BCUT2D eigenvalue weighted by Crippen LogP contribution is 2.25. The van der Waals surface area contributed by atoms with Crippen LogP contribution in [0, 0.1) is 5.92 Å². The zero-order valence-corrected chi connectivity index (χ0v) is 11.7. The minimum atomic E-state index is -0.733. The van der Waals surface area contributed by atoms with Crippen LogP contribution in [0.2, 0.25) is 0 Å². The molecule has 2 atom stereocenters. The first-order valence-corrected chi connectivity index (χ1v) is 6.72. The van der Waals surface area contributed by atoms with Gasteiger partial charge < -0.3 is 9.84 Å². The molecule has 1 aromatic rings. The molecule has 1 N–H and O–H groups in total. The lowest BCUT2D eigenvalue weighted by Gasteiger charge is -2.26. The highest BCUT2D eigenvalue weighted by molar-refractivity contribution is 5.97. The lowest BCUT2D eigenvalue weighted by molar-refractivity contribution is -0.132. The first-order valence-electron chi connectivity index (χ1n) is 6.72. The second-order valence-corrected chi connectivity index (χ2v) is 5.24. The molecule has 1 aromatic carbocycles. The van der Waals surface area contributed by atoms with Crippen molar-refractivity contribution in [2.75, 3.05) is 13.2 Å². The van der Waals surface area contributed by atoms with Crippen LogP contribution in [0.25, 0.3) is 0 Å². The average Bonchev–Trinajstić information content (AvgIpc) is 2.82. The zero-order chi connectivity index (χ0) is 14.7. The molecule has 1 saturated heterocycles. The molecule has 1 aliphatic rings. The molecule has 108 valence electrons. The summed E-state index contributed by atoms with van der Waals surface area (Å²) in [7, 11) is 0. The number of aliphatic hydroxyl groups excluding tert-OH is 1. The first-order chi connectivity index (χ1) is 9.56. The van der Waals surface area contributed by atoms with Crippen molar-refractivity contribution in [3.8, 4) is 0 Å². The monoisotopic (exact) mass is 277 g/mol. The summed E-state index contributed by atoms with van der Waals surface area (Å²) >= 11 is 0. The fourth-order valence-corrected chi connectivity index (χ4v) is 2.36.